The Kier molecular flexibility index (Phi) is 40.5. The predicted molar refractivity (Wildman–Crippen MR) is 260 cm³/mol. The van der Waals surface area contributed by atoms with Crippen LogP contribution >= 0.6 is 7.82 Å². The summed E-state index contributed by atoms with van der Waals surface area (Å²) >= 11 is 0. The highest BCUT2D eigenvalue weighted by atomic mass is 31.2. The number of nitrogens with zero attached hydrogens (tertiary/aromatic N) is 1. The summed E-state index contributed by atoms with van der Waals surface area (Å²) < 4.78 is 23.2. The van der Waals surface area contributed by atoms with Gasteiger partial charge in [-0.2, -0.15) is 0 Å². The predicted octanol–water partition coefficient (Wildman–Crippen LogP) is 13.1. The molecule has 0 aromatic heterocycles. The molecule has 3 atom stereocenters. The molecule has 1 amide bonds. The van der Waals surface area contributed by atoms with Crippen LogP contribution < -0.4 is 10.2 Å². The van der Waals surface area contributed by atoms with Gasteiger partial charge in [0.1, 0.15) is 13.2 Å². The van der Waals surface area contributed by atoms with E-state index >= 15 is 0 Å². The van der Waals surface area contributed by atoms with Gasteiger partial charge in [-0.05, 0) is 83.5 Å². The molecule has 0 rings (SSSR count). The third kappa shape index (κ3) is 45.0. The van der Waals surface area contributed by atoms with Crippen molar-refractivity contribution in [2.45, 2.75) is 174 Å². The standard InChI is InChI=1S/C52H89N2O6P/c1-6-8-10-12-14-16-18-20-22-24-25-26-27-28-29-30-32-34-36-38-40-42-44-46-52(56)53-50(49-60-61(57,58)59-48-47-54(3,4)5)51(55)45-43-41-39-37-35-33-31-23-21-19-17-15-13-11-9-7-2/h8,10,14,16,20,22,25-26,28-29,32,34-35,37-38,40,43,45,50-51,55H,6-7,9,11-13,15,17-19,21,23-24,27,30-31,33,36,39,41-42,44,46-49H2,1-5H3,(H-,53,56,57,58)/b10-8-,16-14-,22-20-,26-25-,29-28-,34-32-,37-35+,40-38-,45-43+. The summed E-state index contributed by atoms with van der Waals surface area (Å²) in [5, 5.41) is 13.7. The highest BCUT2D eigenvalue weighted by Crippen LogP contribution is 2.38. The van der Waals surface area contributed by atoms with Crippen molar-refractivity contribution in [3.63, 3.8) is 0 Å². The van der Waals surface area contributed by atoms with Crippen molar-refractivity contribution >= 4 is 13.7 Å². The van der Waals surface area contributed by atoms with Crippen LogP contribution in [0.2, 0.25) is 0 Å². The molecule has 0 aliphatic heterocycles. The molecular formula is C52H89N2O6P. The molecule has 9 heteroatoms. The summed E-state index contributed by atoms with van der Waals surface area (Å²) in [5.74, 6) is -0.270. The molecule has 0 saturated carbocycles. The number of amides is 1. The van der Waals surface area contributed by atoms with Gasteiger partial charge < -0.3 is 28.8 Å². The second-order valence-electron chi connectivity index (χ2n) is 16.7. The molecule has 0 aliphatic carbocycles. The van der Waals surface area contributed by atoms with Gasteiger partial charge in [0, 0.05) is 6.42 Å². The number of carbonyl (C=O) groups is 1. The Balaban J connectivity index is 4.56. The zero-order chi connectivity index (χ0) is 45.0. The minimum absolute atomic E-state index is 0.0237. The van der Waals surface area contributed by atoms with Gasteiger partial charge in [0.2, 0.25) is 5.91 Å². The fourth-order valence-corrected chi connectivity index (χ4v) is 6.70. The molecule has 3 unspecified atom stereocenters. The third-order valence-corrected chi connectivity index (χ3v) is 10.7. The SMILES string of the molecule is CC/C=C\C/C=C\C/C=C\C/C=C\C/C=C\C/C=C\C/C=C\CCCC(=O)NC(COP(=O)([O-])OCC[N+](C)(C)C)C(O)/C=C/CC/C=C/CCCCCCCCCCCC. The van der Waals surface area contributed by atoms with Crippen molar-refractivity contribution in [1.29, 1.82) is 0 Å². The van der Waals surface area contributed by atoms with E-state index in [0.29, 0.717) is 17.4 Å². The van der Waals surface area contributed by atoms with Crippen LogP contribution in [0.5, 0.6) is 0 Å². The first-order valence-electron chi connectivity index (χ1n) is 23.7. The van der Waals surface area contributed by atoms with Crippen LogP contribution in [0.15, 0.2) is 109 Å². The lowest BCUT2D eigenvalue weighted by Crippen LogP contribution is -2.45. The molecule has 0 radical (unpaired) electrons. The average molecular weight is 869 g/mol. The van der Waals surface area contributed by atoms with E-state index in [2.05, 4.69) is 116 Å². The first-order valence-corrected chi connectivity index (χ1v) is 25.2. The maximum Gasteiger partial charge on any atom is 0.268 e. The van der Waals surface area contributed by atoms with E-state index in [4.69, 9.17) is 9.05 Å². The Morgan fingerprint density at radius 2 is 1.02 bits per heavy atom. The van der Waals surface area contributed by atoms with Crippen molar-refractivity contribution in [3.05, 3.63) is 109 Å². The van der Waals surface area contributed by atoms with E-state index in [1.807, 2.05) is 27.2 Å². The van der Waals surface area contributed by atoms with Crippen molar-refractivity contribution in [3.8, 4) is 0 Å². The summed E-state index contributed by atoms with van der Waals surface area (Å²) in [7, 11) is 1.19. The van der Waals surface area contributed by atoms with Crippen molar-refractivity contribution in [2.75, 3.05) is 40.9 Å². The van der Waals surface area contributed by atoms with Crippen molar-refractivity contribution < 1.29 is 32.9 Å². The van der Waals surface area contributed by atoms with Crippen LogP contribution in [-0.2, 0) is 18.4 Å². The minimum atomic E-state index is -4.62. The van der Waals surface area contributed by atoms with Gasteiger partial charge in [-0.1, -0.05) is 181 Å². The van der Waals surface area contributed by atoms with Crippen LogP contribution in [0.25, 0.3) is 0 Å². The van der Waals surface area contributed by atoms with E-state index < -0.39 is 26.6 Å². The van der Waals surface area contributed by atoms with Crippen LogP contribution in [0.1, 0.15) is 162 Å². The normalized spacial score (nSPS) is 15.2. The molecule has 0 heterocycles. The maximum atomic E-state index is 12.9. The number of likely N-dealkylation sites (N-methyl/N-ethyl adjacent to an activating group) is 1. The van der Waals surface area contributed by atoms with Crippen molar-refractivity contribution in [1.82, 2.24) is 5.32 Å². The third-order valence-electron chi connectivity index (χ3n) is 9.72. The van der Waals surface area contributed by atoms with Gasteiger partial charge >= 0.3 is 0 Å². The number of rotatable bonds is 41. The molecule has 0 aromatic rings. The molecule has 0 saturated heterocycles. The molecule has 2 N–H and O–H groups in total. The highest BCUT2D eigenvalue weighted by molar-refractivity contribution is 7.45. The molecule has 0 bridgehead atoms. The highest BCUT2D eigenvalue weighted by Gasteiger charge is 2.23. The molecule has 8 nitrogen and oxygen atoms in total. The van der Waals surface area contributed by atoms with E-state index in [0.717, 1.165) is 70.6 Å². The number of aliphatic hydroxyl groups excluding tert-OH is 1. The number of quaternary nitrogens is 1. The summed E-state index contributed by atoms with van der Waals surface area (Å²) in [4.78, 5) is 25.3. The van der Waals surface area contributed by atoms with Gasteiger partial charge in [-0.25, -0.2) is 0 Å². The number of aliphatic hydroxyl groups is 1. The monoisotopic (exact) mass is 869 g/mol. The number of carbonyl (C=O) groups excluding carboxylic acids is 1. The Morgan fingerprint density at radius 1 is 0.590 bits per heavy atom. The number of nitrogens with one attached hydrogen (secondary N) is 1. The average Bonchev–Trinajstić information content (AvgIpc) is 3.21. The van der Waals surface area contributed by atoms with E-state index in [1.54, 1.807) is 6.08 Å². The Hall–Kier alpha value is -2.84. The summed E-state index contributed by atoms with van der Waals surface area (Å²) in [5.41, 5.74) is 0. The van der Waals surface area contributed by atoms with Gasteiger partial charge in [0.05, 0.1) is 39.9 Å². The van der Waals surface area contributed by atoms with Crippen molar-refractivity contribution in [2.24, 2.45) is 0 Å². The topological polar surface area (TPSA) is 108 Å². The van der Waals surface area contributed by atoms with Gasteiger partial charge in [0.25, 0.3) is 7.82 Å². The van der Waals surface area contributed by atoms with Crippen LogP contribution in [-0.4, -0.2) is 68.5 Å². The van der Waals surface area contributed by atoms with E-state index in [1.165, 1.54) is 64.2 Å². The van der Waals surface area contributed by atoms with E-state index in [9.17, 15) is 19.4 Å². The maximum absolute atomic E-state index is 12.9. The van der Waals surface area contributed by atoms with Gasteiger partial charge in [-0.15, -0.1) is 0 Å². The van der Waals surface area contributed by atoms with Gasteiger partial charge in [0.15, 0.2) is 0 Å². The van der Waals surface area contributed by atoms with Crippen LogP contribution in [0.4, 0.5) is 0 Å². The molecule has 0 fully saturated rings. The summed E-state index contributed by atoms with van der Waals surface area (Å²) in [6, 6.07) is -0.941. The molecular weight excluding hydrogens is 780 g/mol. The fourth-order valence-electron chi connectivity index (χ4n) is 5.98. The molecule has 61 heavy (non-hydrogen) atoms. The van der Waals surface area contributed by atoms with Crippen LogP contribution in [0.3, 0.4) is 0 Å². The minimum Gasteiger partial charge on any atom is -0.756 e. The van der Waals surface area contributed by atoms with E-state index in [-0.39, 0.29) is 18.9 Å². The lowest BCUT2D eigenvalue weighted by Gasteiger charge is -2.29. The molecule has 0 aromatic carbocycles. The quantitative estimate of drug-likeness (QED) is 0.0274. The molecule has 0 aliphatic rings. The largest absolute Gasteiger partial charge is 0.756 e. The second-order valence-corrected chi connectivity index (χ2v) is 18.1. The lowest BCUT2D eigenvalue weighted by atomic mass is 10.1. The zero-order valence-electron chi connectivity index (χ0n) is 39.3. The molecule has 0 spiro atoms. The summed E-state index contributed by atoms with van der Waals surface area (Å²) in [6.45, 7) is 4.44. The Labute approximate surface area is 374 Å². The Bertz CT molecular complexity index is 1350. The lowest BCUT2D eigenvalue weighted by molar-refractivity contribution is -0.870. The first kappa shape index (κ1) is 58.2. The van der Waals surface area contributed by atoms with Crippen LogP contribution in [0, 0.1) is 0 Å². The smallest absolute Gasteiger partial charge is 0.268 e. The number of phosphoric acid groups is 1. The Morgan fingerprint density at radius 3 is 1.52 bits per heavy atom. The first-order chi connectivity index (χ1) is 29.5. The number of phosphoric ester groups is 1. The summed E-state index contributed by atoms with van der Waals surface area (Å²) in [6.07, 6.45) is 61.5. The zero-order valence-corrected chi connectivity index (χ0v) is 40.2. The number of allylic oxidation sites excluding steroid dienone is 17. The number of hydrogen-bond acceptors (Lipinski definition) is 6. The molecule has 348 valence electrons. The number of unbranched alkanes of at least 4 members (excludes halogenated alkanes) is 12. The number of hydrogen-bond donors (Lipinski definition) is 2. The van der Waals surface area contributed by atoms with Gasteiger partial charge in [-0.3, -0.25) is 9.36 Å². The second kappa shape index (κ2) is 42.5. The fraction of sp³-hybridized carbons (Fsp3) is 0.635.